The molecular weight excluding hydrogens is 622 g/mol. The molecule has 20 heteroatoms. The van der Waals surface area contributed by atoms with E-state index in [9.17, 15) is 60.3 Å². The van der Waals surface area contributed by atoms with Crippen LogP contribution in [-0.2, 0) is 19.3 Å². The number of carboxylic acids is 2. The van der Waals surface area contributed by atoms with Crippen molar-refractivity contribution in [3.05, 3.63) is 0 Å². The zero-order chi connectivity index (χ0) is 35.0. The van der Waals surface area contributed by atoms with Gasteiger partial charge < -0.3 is 56.0 Å². The molecule has 0 radical (unpaired) electrons. The normalized spacial score (nSPS) is 21.6. The van der Waals surface area contributed by atoms with Gasteiger partial charge in [0.1, 0.15) is 36.5 Å². The summed E-state index contributed by atoms with van der Waals surface area (Å²) in [5.74, 6) is -3.19. The Morgan fingerprint density at radius 2 is 1.11 bits per heavy atom. The van der Waals surface area contributed by atoms with Gasteiger partial charge in [-0.3, -0.25) is 39.2 Å². The van der Waals surface area contributed by atoms with Crippen molar-refractivity contribution in [1.29, 1.82) is 0 Å². The minimum atomic E-state index is -1.90. The number of hydrogen-bond donors (Lipinski definition) is 11. The standard InChI is InChI=1S/C26H51N5O15/c1-27(10-20(36)23(39)24(40)21(37)15-35)22(38)11-28-2-4-30(18(13-33)25(41)42)8-6-29(17(12-32)16-46-45)7-9-31(5-3-28)19(14-34)26(43)44/h17-21,23-24,32-37,39-40,45H,2-16H2,1H3,(H,41,42)(H,43,44). The summed E-state index contributed by atoms with van der Waals surface area (Å²) < 4.78 is 0. The number of rotatable bonds is 18. The highest BCUT2D eigenvalue weighted by molar-refractivity contribution is 5.78. The number of aliphatic carboxylic acids is 2. The molecular formula is C26H51N5O15. The molecule has 0 aromatic heterocycles. The van der Waals surface area contributed by atoms with Crippen molar-refractivity contribution in [2.45, 2.75) is 42.5 Å². The molecule has 46 heavy (non-hydrogen) atoms. The molecule has 0 aromatic carbocycles. The van der Waals surface area contributed by atoms with E-state index in [0.717, 1.165) is 4.90 Å². The van der Waals surface area contributed by atoms with Gasteiger partial charge in [0.15, 0.2) is 0 Å². The summed E-state index contributed by atoms with van der Waals surface area (Å²) in [6.45, 7) is -3.52. The second-order valence-corrected chi connectivity index (χ2v) is 11.2. The molecule has 0 bridgehead atoms. The molecule has 1 aliphatic rings. The fraction of sp³-hybridized carbons (Fsp3) is 0.885. The average Bonchev–Trinajstić information content (AvgIpc) is 3.02. The lowest BCUT2D eigenvalue weighted by atomic mass is 10.0. The van der Waals surface area contributed by atoms with Crippen LogP contribution in [0.4, 0.5) is 0 Å². The van der Waals surface area contributed by atoms with Crippen LogP contribution in [0, 0.1) is 0 Å². The SMILES string of the molecule is CN(CC(O)C(O)C(O)C(O)CO)C(=O)CN1CCN(C(CO)C(=O)O)CCN(C(CO)COO)CCN(C(CO)C(=O)O)CC1. The molecule has 1 heterocycles. The summed E-state index contributed by atoms with van der Waals surface area (Å²) >= 11 is 0. The Labute approximate surface area is 266 Å². The van der Waals surface area contributed by atoms with Crippen LogP contribution in [0.2, 0.25) is 0 Å². The second kappa shape index (κ2) is 21.7. The van der Waals surface area contributed by atoms with E-state index in [1.807, 2.05) is 0 Å². The van der Waals surface area contributed by atoms with Gasteiger partial charge in [0.25, 0.3) is 0 Å². The lowest BCUT2D eigenvalue weighted by Crippen LogP contribution is -2.56. The number of hydrogen-bond acceptors (Lipinski definition) is 17. The number of carbonyl (C=O) groups is 3. The molecule has 1 fully saturated rings. The molecule has 1 amide bonds. The Hall–Kier alpha value is -2.15. The number of nitrogens with zero attached hydrogens (tertiary/aromatic N) is 5. The van der Waals surface area contributed by atoms with Crippen molar-refractivity contribution in [2.24, 2.45) is 0 Å². The van der Waals surface area contributed by atoms with Gasteiger partial charge in [-0.05, 0) is 0 Å². The van der Waals surface area contributed by atoms with Crippen LogP contribution in [0.3, 0.4) is 0 Å². The van der Waals surface area contributed by atoms with Gasteiger partial charge in [-0.15, -0.1) is 0 Å². The van der Waals surface area contributed by atoms with Crippen molar-refractivity contribution < 1.29 is 75.6 Å². The number of carboxylic acid groups (broad SMARTS) is 2. The van der Waals surface area contributed by atoms with E-state index < -0.39 is 93.4 Å². The van der Waals surface area contributed by atoms with Crippen LogP contribution in [0.25, 0.3) is 0 Å². The first-order valence-corrected chi connectivity index (χ1v) is 14.8. The maximum Gasteiger partial charge on any atom is 0.323 e. The van der Waals surface area contributed by atoms with E-state index in [1.54, 1.807) is 9.80 Å². The van der Waals surface area contributed by atoms with Crippen molar-refractivity contribution in [3.8, 4) is 0 Å². The number of aliphatic hydroxyl groups excluding tert-OH is 8. The summed E-state index contributed by atoms with van der Waals surface area (Å²) in [7, 11) is 1.31. The van der Waals surface area contributed by atoms with E-state index in [1.165, 1.54) is 16.8 Å². The molecule has 7 unspecified atom stereocenters. The number of likely N-dealkylation sites (N-methyl/N-ethyl adjacent to an activating group) is 1. The van der Waals surface area contributed by atoms with Crippen LogP contribution in [-0.4, -0.2) is 247 Å². The molecule has 0 spiro atoms. The first-order chi connectivity index (χ1) is 21.7. The fourth-order valence-electron chi connectivity index (χ4n) is 5.07. The topological polar surface area (TPSA) is 299 Å². The number of aliphatic hydroxyl groups is 8. The van der Waals surface area contributed by atoms with E-state index in [4.69, 9.17) is 10.4 Å². The zero-order valence-corrected chi connectivity index (χ0v) is 25.9. The smallest absolute Gasteiger partial charge is 0.323 e. The molecule has 1 saturated heterocycles. The van der Waals surface area contributed by atoms with Gasteiger partial charge in [0.05, 0.1) is 45.6 Å². The van der Waals surface area contributed by atoms with Crippen LogP contribution in [0.5, 0.6) is 0 Å². The molecule has 11 N–H and O–H groups in total. The van der Waals surface area contributed by atoms with Crippen LogP contribution in [0.15, 0.2) is 0 Å². The minimum Gasteiger partial charge on any atom is -0.480 e. The van der Waals surface area contributed by atoms with Crippen LogP contribution < -0.4 is 0 Å². The van der Waals surface area contributed by atoms with Gasteiger partial charge in [-0.2, -0.15) is 0 Å². The molecule has 0 saturated carbocycles. The predicted molar refractivity (Wildman–Crippen MR) is 156 cm³/mol. The summed E-state index contributed by atoms with van der Waals surface area (Å²) in [5, 5.41) is 107. The Balaban J connectivity index is 3.27. The number of carbonyl (C=O) groups excluding carboxylic acids is 1. The molecule has 20 nitrogen and oxygen atoms in total. The van der Waals surface area contributed by atoms with Crippen molar-refractivity contribution >= 4 is 17.8 Å². The Bertz CT molecular complexity index is 870. The van der Waals surface area contributed by atoms with Gasteiger partial charge in [-0.1, -0.05) is 0 Å². The fourth-order valence-corrected chi connectivity index (χ4v) is 5.07. The average molecular weight is 674 g/mol. The molecule has 0 aliphatic carbocycles. The van der Waals surface area contributed by atoms with Gasteiger partial charge >= 0.3 is 11.9 Å². The third-order valence-corrected chi connectivity index (χ3v) is 8.12. The Kier molecular flexibility index (Phi) is 19.7. The second-order valence-electron chi connectivity index (χ2n) is 11.2. The van der Waals surface area contributed by atoms with E-state index >= 15 is 0 Å². The third-order valence-electron chi connectivity index (χ3n) is 8.12. The third kappa shape index (κ3) is 13.2. The highest BCUT2D eigenvalue weighted by Crippen LogP contribution is 2.11. The quantitative estimate of drug-likeness (QED) is 0.0476. The van der Waals surface area contributed by atoms with Crippen molar-refractivity contribution in [2.75, 3.05) is 106 Å². The van der Waals surface area contributed by atoms with Gasteiger partial charge in [-0.25, -0.2) is 4.89 Å². The first kappa shape index (κ1) is 41.9. The Morgan fingerprint density at radius 1 is 0.674 bits per heavy atom. The maximum atomic E-state index is 13.2. The minimum absolute atomic E-state index is 0.0115. The zero-order valence-electron chi connectivity index (χ0n) is 25.9. The number of amides is 1. The maximum absolute atomic E-state index is 13.2. The first-order valence-electron chi connectivity index (χ1n) is 14.8. The van der Waals surface area contributed by atoms with Crippen molar-refractivity contribution in [1.82, 2.24) is 24.5 Å². The van der Waals surface area contributed by atoms with E-state index in [-0.39, 0.29) is 65.5 Å². The lowest BCUT2D eigenvalue weighted by molar-refractivity contribution is -0.254. The predicted octanol–water partition coefficient (Wildman–Crippen LogP) is -7.16. The highest BCUT2D eigenvalue weighted by Gasteiger charge is 2.33. The van der Waals surface area contributed by atoms with Gasteiger partial charge in [0, 0.05) is 66.0 Å². The molecule has 1 rings (SSSR count). The highest BCUT2D eigenvalue weighted by atomic mass is 17.1. The lowest BCUT2D eigenvalue weighted by Gasteiger charge is -2.38. The van der Waals surface area contributed by atoms with E-state index in [0.29, 0.717) is 0 Å². The summed E-state index contributed by atoms with van der Waals surface area (Å²) in [5.41, 5.74) is 0. The van der Waals surface area contributed by atoms with Crippen molar-refractivity contribution in [3.63, 3.8) is 0 Å². The van der Waals surface area contributed by atoms with Crippen LogP contribution in [0.1, 0.15) is 0 Å². The summed E-state index contributed by atoms with van der Waals surface area (Å²) in [6, 6.07) is -3.41. The summed E-state index contributed by atoms with van der Waals surface area (Å²) in [6.07, 6.45) is -7.22. The van der Waals surface area contributed by atoms with Crippen LogP contribution >= 0.6 is 0 Å². The monoisotopic (exact) mass is 673 g/mol. The summed E-state index contributed by atoms with van der Waals surface area (Å²) in [4.78, 5) is 48.5. The van der Waals surface area contributed by atoms with E-state index in [2.05, 4.69) is 4.89 Å². The Morgan fingerprint density at radius 3 is 1.50 bits per heavy atom. The largest absolute Gasteiger partial charge is 0.480 e. The molecule has 7 atom stereocenters. The molecule has 1 aliphatic heterocycles. The molecule has 270 valence electrons. The van der Waals surface area contributed by atoms with Gasteiger partial charge in [0.2, 0.25) is 5.91 Å². The molecule has 0 aromatic rings.